The van der Waals surface area contributed by atoms with Gasteiger partial charge < -0.3 is 5.43 Å². The second-order valence-electron chi connectivity index (χ2n) is 0.795. The minimum Gasteiger partial charge on any atom is -0.315 e. The number of rotatable bonds is 2. The lowest BCUT2D eigenvalue weighted by Crippen LogP contribution is -2.18. The number of nitrogens with one attached hydrogen (secondary N) is 1. The topological polar surface area (TPSA) is 50.4 Å². The maximum absolute atomic E-state index is 4.82. The van der Waals surface area contributed by atoms with E-state index in [1.165, 1.54) is 6.34 Å². The Kier molecular flexibility index (Phi) is 4.01. The molecular formula is C3H9N3. The van der Waals surface area contributed by atoms with Gasteiger partial charge in [-0.3, -0.25) is 4.99 Å². The van der Waals surface area contributed by atoms with Gasteiger partial charge in [0.1, 0.15) is 0 Å². The van der Waals surface area contributed by atoms with Crippen molar-refractivity contribution in [3.8, 4) is 0 Å². The maximum Gasteiger partial charge on any atom is 0.0963 e. The standard InChI is InChI=1S/C3H9N3/c1-2-5-3-6-4/h3H,2,4H2,1H3,(H,5,6). The van der Waals surface area contributed by atoms with Gasteiger partial charge in [0.2, 0.25) is 0 Å². The SMILES string of the molecule is CC/N=C\NN. The molecule has 0 aromatic heterocycles. The molecule has 3 nitrogen and oxygen atoms in total. The summed E-state index contributed by atoms with van der Waals surface area (Å²) in [5.41, 5.74) is 2.28. The molecule has 0 amide bonds. The van der Waals surface area contributed by atoms with Gasteiger partial charge in [0, 0.05) is 6.54 Å². The third kappa shape index (κ3) is 3.43. The molecule has 0 aliphatic heterocycles. The zero-order valence-electron chi connectivity index (χ0n) is 3.81. The number of nitrogens with zero attached hydrogens (tertiary/aromatic N) is 1. The molecule has 0 heterocycles. The van der Waals surface area contributed by atoms with E-state index >= 15 is 0 Å². The quantitative estimate of drug-likeness (QED) is 0.206. The second kappa shape index (κ2) is 4.43. The van der Waals surface area contributed by atoms with Crippen LogP contribution in [0.5, 0.6) is 0 Å². The third-order valence-corrected chi connectivity index (χ3v) is 0.348. The lowest BCUT2D eigenvalue weighted by Gasteiger charge is -1.79. The normalized spacial score (nSPS) is 9.67. The van der Waals surface area contributed by atoms with Gasteiger partial charge in [-0.15, -0.1) is 0 Å². The number of hydrogen-bond donors (Lipinski definition) is 2. The van der Waals surface area contributed by atoms with Crippen molar-refractivity contribution in [2.75, 3.05) is 6.54 Å². The largest absolute Gasteiger partial charge is 0.315 e. The van der Waals surface area contributed by atoms with Crippen LogP contribution in [0.3, 0.4) is 0 Å². The molecule has 0 unspecified atom stereocenters. The molecule has 0 aromatic rings. The summed E-state index contributed by atoms with van der Waals surface area (Å²) >= 11 is 0. The Morgan fingerprint density at radius 3 is 2.83 bits per heavy atom. The van der Waals surface area contributed by atoms with Gasteiger partial charge in [0.05, 0.1) is 6.34 Å². The predicted molar refractivity (Wildman–Crippen MR) is 26.4 cm³/mol. The van der Waals surface area contributed by atoms with Crippen molar-refractivity contribution >= 4 is 6.34 Å². The Hall–Kier alpha value is -0.570. The lowest BCUT2D eigenvalue weighted by molar-refractivity contribution is 1.02. The van der Waals surface area contributed by atoms with Crippen molar-refractivity contribution in [3.63, 3.8) is 0 Å². The van der Waals surface area contributed by atoms with Crippen molar-refractivity contribution in [3.05, 3.63) is 0 Å². The summed E-state index contributed by atoms with van der Waals surface area (Å²) in [7, 11) is 0. The van der Waals surface area contributed by atoms with Gasteiger partial charge in [-0.25, -0.2) is 5.84 Å². The minimum atomic E-state index is 0.782. The molecule has 0 rings (SSSR count). The van der Waals surface area contributed by atoms with E-state index < -0.39 is 0 Å². The van der Waals surface area contributed by atoms with Crippen LogP contribution in [0.25, 0.3) is 0 Å². The number of hydrogen-bond acceptors (Lipinski definition) is 2. The summed E-state index contributed by atoms with van der Waals surface area (Å²) in [5.74, 6) is 4.82. The van der Waals surface area contributed by atoms with Crippen LogP contribution in [0.15, 0.2) is 4.99 Å². The van der Waals surface area contributed by atoms with Gasteiger partial charge in [-0.2, -0.15) is 0 Å². The van der Waals surface area contributed by atoms with E-state index in [0.29, 0.717) is 0 Å². The molecule has 0 bridgehead atoms. The highest BCUT2D eigenvalue weighted by molar-refractivity contribution is 5.52. The fourth-order valence-electron chi connectivity index (χ4n) is 0.144. The van der Waals surface area contributed by atoms with Crippen LogP contribution in [0.1, 0.15) is 6.92 Å². The minimum absolute atomic E-state index is 0.782. The molecular weight excluding hydrogens is 78.1 g/mol. The molecule has 0 aromatic carbocycles. The van der Waals surface area contributed by atoms with E-state index in [9.17, 15) is 0 Å². The highest BCUT2D eigenvalue weighted by Crippen LogP contribution is 1.54. The van der Waals surface area contributed by atoms with E-state index in [0.717, 1.165) is 6.54 Å². The van der Waals surface area contributed by atoms with E-state index in [-0.39, 0.29) is 0 Å². The molecule has 3 heteroatoms. The van der Waals surface area contributed by atoms with Crippen molar-refractivity contribution in [2.45, 2.75) is 6.92 Å². The van der Waals surface area contributed by atoms with Crippen molar-refractivity contribution < 1.29 is 0 Å². The van der Waals surface area contributed by atoms with Crippen molar-refractivity contribution in [2.24, 2.45) is 10.8 Å². The predicted octanol–water partition coefficient (Wildman–Crippen LogP) is -0.502. The number of aliphatic imine (C=N–C) groups is 1. The molecule has 6 heavy (non-hydrogen) atoms. The first kappa shape index (κ1) is 5.43. The number of hydrazine groups is 1. The highest BCUT2D eigenvalue weighted by Gasteiger charge is 1.56. The molecule has 0 aliphatic rings. The lowest BCUT2D eigenvalue weighted by atomic mass is 10.8. The average Bonchev–Trinajstić information content (AvgIpc) is 1.61. The average molecular weight is 87.1 g/mol. The van der Waals surface area contributed by atoms with Crippen molar-refractivity contribution in [1.82, 2.24) is 5.43 Å². The molecule has 0 saturated heterocycles. The molecule has 0 aliphatic carbocycles. The first-order valence-corrected chi connectivity index (χ1v) is 1.86. The van der Waals surface area contributed by atoms with E-state index in [2.05, 4.69) is 10.4 Å². The zero-order chi connectivity index (χ0) is 4.83. The van der Waals surface area contributed by atoms with Gasteiger partial charge in [0.25, 0.3) is 0 Å². The summed E-state index contributed by atoms with van der Waals surface area (Å²) in [5, 5.41) is 0. The zero-order valence-corrected chi connectivity index (χ0v) is 3.81. The summed E-state index contributed by atoms with van der Waals surface area (Å²) < 4.78 is 0. The molecule has 0 radical (unpaired) electrons. The van der Waals surface area contributed by atoms with Gasteiger partial charge in [0.15, 0.2) is 0 Å². The Balaban J connectivity index is 2.73. The van der Waals surface area contributed by atoms with Crippen LogP contribution >= 0.6 is 0 Å². The van der Waals surface area contributed by atoms with E-state index in [1.807, 2.05) is 6.92 Å². The van der Waals surface area contributed by atoms with Crippen LogP contribution in [0, 0.1) is 0 Å². The smallest absolute Gasteiger partial charge is 0.0963 e. The molecule has 0 saturated carbocycles. The van der Waals surface area contributed by atoms with Gasteiger partial charge in [-0.05, 0) is 6.92 Å². The van der Waals surface area contributed by atoms with E-state index in [4.69, 9.17) is 5.84 Å². The fourth-order valence-corrected chi connectivity index (χ4v) is 0.144. The maximum atomic E-state index is 4.82. The fraction of sp³-hybridized carbons (Fsp3) is 0.667. The second-order valence-corrected chi connectivity index (χ2v) is 0.795. The summed E-state index contributed by atoms with van der Waals surface area (Å²) in [6, 6.07) is 0. The third-order valence-electron chi connectivity index (χ3n) is 0.348. The summed E-state index contributed by atoms with van der Waals surface area (Å²) in [6.07, 6.45) is 1.46. The molecule has 0 fully saturated rings. The van der Waals surface area contributed by atoms with Crippen LogP contribution in [0.4, 0.5) is 0 Å². The van der Waals surface area contributed by atoms with Crippen LogP contribution < -0.4 is 11.3 Å². The highest BCUT2D eigenvalue weighted by atomic mass is 15.2. The first-order valence-electron chi connectivity index (χ1n) is 1.86. The monoisotopic (exact) mass is 87.1 g/mol. The molecule has 36 valence electrons. The number of nitrogens with two attached hydrogens (primary N) is 1. The van der Waals surface area contributed by atoms with Crippen LogP contribution in [-0.4, -0.2) is 12.9 Å². The Bertz CT molecular complexity index is 35.3. The van der Waals surface area contributed by atoms with E-state index in [1.54, 1.807) is 0 Å². The van der Waals surface area contributed by atoms with Gasteiger partial charge >= 0.3 is 0 Å². The van der Waals surface area contributed by atoms with Gasteiger partial charge in [-0.1, -0.05) is 0 Å². The molecule has 0 atom stereocenters. The Labute approximate surface area is 37.2 Å². The Morgan fingerprint density at radius 2 is 2.67 bits per heavy atom. The Morgan fingerprint density at radius 1 is 2.00 bits per heavy atom. The van der Waals surface area contributed by atoms with Crippen LogP contribution in [-0.2, 0) is 0 Å². The molecule has 3 N–H and O–H groups in total. The first-order chi connectivity index (χ1) is 2.91. The van der Waals surface area contributed by atoms with Crippen LogP contribution in [0.2, 0.25) is 0 Å². The summed E-state index contributed by atoms with van der Waals surface area (Å²) in [6.45, 7) is 2.72. The van der Waals surface area contributed by atoms with Crippen molar-refractivity contribution in [1.29, 1.82) is 0 Å². The summed E-state index contributed by atoms with van der Waals surface area (Å²) in [4.78, 5) is 3.73. The molecule has 0 spiro atoms.